The van der Waals surface area contributed by atoms with Gasteiger partial charge in [0.1, 0.15) is 0 Å². The summed E-state index contributed by atoms with van der Waals surface area (Å²) in [6, 6.07) is 0.731. The van der Waals surface area contributed by atoms with Gasteiger partial charge < -0.3 is 10.1 Å². The van der Waals surface area contributed by atoms with Crippen LogP contribution in [-0.4, -0.2) is 26.3 Å². The average Bonchev–Trinajstić information content (AvgIpc) is 2.43. The van der Waals surface area contributed by atoms with E-state index in [1.54, 1.807) is 0 Å². The van der Waals surface area contributed by atoms with Crippen molar-refractivity contribution < 1.29 is 4.74 Å². The quantitative estimate of drug-likeness (QED) is 0.629. The Morgan fingerprint density at radius 1 is 1.11 bits per heavy atom. The van der Waals surface area contributed by atoms with Crippen molar-refractivity contribution in [2.24, 2.45) is 11.8 Å². The molecule has 0 aromatic heterocycles. The minimum absolute atomic E-state index is 0.731. The highest BCUT2D eigenvalue weighted by atomic mass is 16.5. The molecule has 0 spiro atoms. The molecular formula is C16H33NO. The maximum atomic E-state index is 5.41. The summed E-state index contributed by atoms with van der Waals surface area (Å²) in [5.41, 5.74) is 0. The van der Waals surface area contributed by atoms with Gasteiger partial charge >= 0.3 is 0 Å². The first kappa shape index (κ1) is 16.0. The molecule has 1 aliphatic heterocycles. The van der Waals surface area contributed by atoms with Gasteiger partial charge in [-0.2, -0.15) is 0 Å². The van der Waals surface area contributed by atoms with Crippen LogP contribution in [0.4, 0.5) is 0 Å². The van der Waals surface area contributed by atoms with Crippen LogP contribution in [0, 0.1) is 11.8 Å². The Balaban J connectivity index is 2.10. The zero-order chi connectivity index (χ0) is 13.2. The number of nitrogens with one attached hydrogen (secondary N) is 1. The molecule has 1 unspecified atom stereocenters. The summed E-state index contributed by atoms with van der Waals surface area (Å²) < 4.78 is 5.41. The first-order valence-corrected chi connectivity index (χ1v) is 8.06. The molecule has 1 N–H and O–H groups in total. The van der Waals surface area contributed by atoms with Gasteiger partial charge in [-0.1, -0.05) is 46.0 Å². The van der Waals surface area contributed by atoms with Gasteiger partial charge in [-0.3, -0.25) is 0 Å². The van der Waals surface area contributed by atoms with E-state index < -0.39 is 0 Å². The molecule has 18 heavy (non-hydrogen) atoms. The summed E-state index contributed by atoms with van der Waals surface area (Å²) in [6.45, 7) is 6.64. The van der Waals surface area contributed by atoms with E-state index in [1.165, 1.54) is 51.4 Å². The molecule has 2 heteroatoms. The molecule has 2 nitrogen and oxygen atoms in total. The lowest BCUT2D eigenvalue weighted by Gasteiger charge is -2.26. The summed E-state index contributed by atoms with van der Waals surface area (Å²) in [6.07, 6.45) is 10.8. The van der Waals surface area contributed by atoms with Gasteiger partial charge in [0, 0.05) is 19.3 Å². The monoisotopic (exact) mass is 255 g/mol. The summed E-state index contributed by atoms with van der Waals surface area (Å²) in [5, 5.41) is 3.52. The molecule has 1 heterocycles. The number of ether oxygens (including phenoxy) is 1. The summed E-state index contributed by atoms with van der Waals surface area (Å²) in [7, 11) is 2.13. The van der Waals surface area contributed by atoms with Gasteiger partial charge in [0.25, 0.3) is 0 Å². The van der Waals surface area contributed by atoms with Crippen molar-refractivity contribution in [3.8, 4) is 0 Å². The van der Waals surface area contributed by atoms with E-state index in [0.29, 0.717) is 0 Å². The second-order valence-electron chi connectivity index (χ2n) is 5.81. The Labute approximate surface area is 114 Å². The highest BCUT2D eigenvalue weighted by molar-refractivity contribution is 4.73. The van der Waals surface area contributed by atoms with Crippen molar-refractivity contribution in [1.29, 1.82) is 0 Å². The fourth-order valence-corrected chi connectivity index (χ4v) is 3.31. The van der Waals surface area contributed by atoms with E-state index in [9.17, 15) is 0 Å². The van der Waals surface area contributed by atoms with Gasteiger partial charge in [0.05, 0.1) is 0 Å². The van der Waals surface area contributed by atoms with Gasteiger partial charge in [-0.15, -0.1) is 0 Å². The fraction of sp³-hybridized carbons (Fsp3) is 1.00. The maximum Gasteiger partial charge on any atom is 0.0468 e. The molecule has 0 aromatic carbocycles. The Morgan fingerprint density at radius 2 is 1.78 bits per heavy atom. The van der Waals surface area contributed by atoms with Crippen LogP contribution in [0.1, 0.15) is 65.2 Å². The molecule has 1 aliphatic rings. The van der Waals surface area contributed by atoms with Crippen molar-refractivity contribution in [2.45, 2.75) is 71.3 Å². The molecule has 0 aliphatic carbocycles. The molecule has 108 valence electrons. The maximum absolute atomic E-state index is 5.41. The summed E-state index contributed by atoms with van der Waals surface area (Å²) in [5.74, 6) is 1.80. The van der Waals surface area contributed by atoms with Crippen LogP contribution < -0.4 is 5.32 Å². The lowest BCUT2D eigenvalue weighted by molar-refractivity contribution is 0.0630. The molecule has 0 radical (unpaired) electrons. The van der Waals surface area contributed by atoms with Crippen LogP contribution >= 0.6 is 0 Å². The molecular weight excluding hydrogens is 222 g/mol. The number of unbranched alkanes of at least 4 members (excludes halogenated alkanes) is 1. The van der Waals surface area contributed by atoms with E-state index >= 15 is 0 Å². The van der Waals surface area contributed by atoms with Gasteiger partial charge in [-0.25, -0.2) is 0 Å². The van der Waals surface area contributed by atoms with Crippen molar-refractivity contribution in [1.82, 2.24) is 5.32 Å². The third-order valence-corrected chi connectivity index (χ3v) is 4.71. The van der Waals surface area contributed by atoms with Crippen LogP contribution in [-0.2, 0) is 4.74 Å². The third-order valence-electron chi connectivity index (χ3n) is 4.71. The molecule has 0 saturated carbocycles. The van der Waals surface area contributed by atoms with E-state index in [2.05, 4.69) is 26.2 Å². The Kier molecular flexibility index (Phi) is 8.70. The predicted molar refractivity (Wildman–Crippen MR) is 78.9 cm³/mol. The van der Waals surface area contributed by atoms with Gasteiger partial charge in [0.15, 0.2) is 0 Å². The van der Waals surface area contributed by atoms with Crippen LogP contribution in [0.25, 0.3) is 0 Å². The zero-order valence-corrected chi connectivity index (χ0v) is 12.7. The van der Waals surface area contributed by atoms with E-state index in [0.717, 1.165) is 31.1 Å². The normalized spacial score (nSPS) is 19.3. The Morgan fingerprint density at radius 3 is 2.33 bits per heavy atom. The van der Waals surface area contributed by atoms with E-state index in [1.807, 2.05) is 0 Å². The van der Waals surface area contributed by atoms with Gasteiger partial charge in [0.2, 0.25) is 0 Å². The van der Waals surface area contributed by atoms with Crippen molar-refractivity contribution >= 4 is 0 Å². The van der Waals surface area contributed by atoms with Crippen LogP contribution in [0.3, 0.4) is 0 Å². The number of hydrogen-bond donors (Lipinski definition) is 1. The Hall–Kier alpha value is -0.0800. The molecule has 1 saturated heterocycles. The topological polar surface area (TPSA) is 21.3 Å². The Bertz CT molecular complexity index is 186. The molecule has 1 rings (SSSR count). The van der Waals surface area contributed by atoms with Gasteiger partial charge in [-0.05, 0) is 38.1 Å². The minimum Gasteiger partial charge on any atom is -0.381 e. The summed E-state index contributed by atoms with van der Waals surface area (Å²) >= 11 is 0. The highest BCUT2D eigenvalue weighted by Gasteiger charge is 2.17. The minimum atomic E-state index is 0.731. The molecule has 1 fully saturated rings. The zero-order valence-electron chi connectivity index (χ0n) is 12.7. The second kappa shape index (κ2) is 9.80. The smallest absolute Gasteiger partial charge is 0.0468 e. The molecule has 1 atom stereocenters. The summed E-state index contributed by atoms with van der Waals surface area (Å²) in [4.78, 5) is 0. The standard InChI is InChI=1S/C16H33NO/c1-4-15(5-2)16(17-3)9-7-6-8-14-10-12-18-13-11-14/h14-17H,4-13H2,1-3H3. The second-order valence-corrected chi connectivity index (χ2v) is 5.81. The third kappa shape index (κ3) is 5.71. The number of rotatable bonds is 9. The van der Waals surface area contributed by atoms with Crippen molar-refractivity contribution in [2.75, 3.05) is 20.3 Å². The van der Waals surface area contributed by atoms with Crippen molar-refractivity contribution in [3.05, 3.63) is 0 Å². The van der Waals surface area contributed by atoms with Crippen molar-refractivity contribution in [3.63, 3.8) is 0 Å². The molecule has 0 amide bonds. The molecule has 0 bridgehead atoms. The SMILES string of the molecule is CCC(CC)C(CCCCC1CCOCC1)NC. The average molecular weight is 255 g/mol. The first-order chi connectivity index (χ1) is 8.81. The van der Waals surface area contributed by atoms with E-state index in [-0.39, 0.29) is 0 Å². The van der Waals surface area contributed by atoms with Crippen LogP contribution in [0.2, 0.25) is 0 Å². The molecule has 0 aromatic rings. The number of hydrogen-bond acceptors (Lipinski definition) is 2. The lowest BCUT2D eigenvalue weighted by atomic mass is 9.88. The first-order valence-electron chi connectivity index (χ1n) is 8.06. The van der Waals surface area contributed by atoms with E-state index in [4.69, 9.17) is 4.74 Å². The predicted octanol–water partition coefficient (Wildman–Crippen LogP) is 4.00. The largest absolute Gasteiger partial charge is 0.381 e. The fourth-order valence-electron chi connectivity index (χ4n) is 3.31. The van der Waals surface area contributed by atoms with Crippen LogP contribution in [0.15, 0.2) is 0 Å². The highest BCUT2D eigenvalue weighted by Crippen LogP contribution is 2.23. The lowest BCUT2D eigenvalue weighted by Crippen LogP contribution is -2.33. The van der Waals surface area contributed by atoms with Crippen LogP contribution in [0.5, 0.6) is 0 Å².